The Balaban J connectivity index is 2.42. The van der Waals surface area contributed by atoms with Crippen molar-refractivity contribution >= 4 is 35.3 Å². The monoisotopic (exact) mass is 272 g/mol. The highest BCUT2D eigenvalue weighted by molar-refractivity contribution is 7.99. The predicted molar refractivity (Wildman–Crippen MR) is 69.9 cm³/mol. The SMILES string of the molecule is C[C@@H](SCc1ccc(Cl)cc1)C(=O)NC(N)=O. The maximum absolute atomic E-state index is 11.4. The smallest absolute Gasteiger partial charge is 0.318 e. The number of benzene rings is 1. The Bertz CT molecular complexity index is 408. The average molecular weight is 273 g/mol. The zero-order valence-corrected chi connectivity index (χ0v) is 10.8. The molecule has 0 fully saturated rings. The molecule has 0 heterocycles. The van der Waals surface area contributed by atoms with Gasteiger partial charge < -0.3 is 5.73 Å². The zero-order chi connectivity index (χ0) is 12.8. The first kappa shape index (κ1) is 13.9. The Morgan fingerprint density at radius 1 is 1.41 bits per heavy atom. The van der Waals surface area contributed by atoms with Gasteiger partial charge in [0.15, 0.2) is 0 Å². The van der Waals surface area contributed by atoms with Gasteiger partial charge in [-0.1, -0.05) is 23.7 Å². The normalized spacial score (nSPS) is 11.9. The van der Waals surface area contributed by atoms with Crippen LogP contribution in [0.25, 0.3) is 0 Å². The molecular weight excluding hydrogens is 260 g/mol. The van der Waals surface area contributed by atoms with Crippen LogP contribution >= 0.6 is 23.4 Å². The maximum Gasteiger partial charge on any atom is 0.318 e. The minimum atomic E-state index is -0.825. The van der Waals surface area contributed by atoms with Crippen molar-refractivity contribution in [3.05, 3.63) is 34.9 Å². The van der Waals surface area contributed by atoms with Crippen molar-refractivity contribution in [2.24, 2.45) is 5.73 Å². The Labute approximate surface area is 109 Å². The Kier molecular flexibility index (Phi) is 5.31. The second-order valence-corrected chi connectivity index (χ2v) is 5.20. The Morgan fingerprint density at radius 2 is 2.00 bits per heavy atom. The van der Waals surface area contributed by atoms with Crippen molar-refractivity contribution in [2.45, 2.75) is 17.9 Å². The van der Waals surface area contributed by atoms with Crippen LogP contribution < -0.4 is 11.1 Å². The lowest BCUT2D eigenvalue weighted by Gasteiger charge is -2.09. The summed E-state index contributed by atoms with van der Waals surface area (Å²) < 4.78 is 0. The number of amides is 3. The molecule has 0 saturated carbocycles. The molecule has 0 aliphatic heterocycles. The van der Waals surface area contributed by atoms with Gasteiger partial charge in [-0.2, -0.15) is 0 Å². The van der Waals surface area contributed by atoms with Crippen LogP contribution in [0.2, 0.25) is 5.02 Å². The van der Waals surface area contributed by atoms with E-state index in [9.17, 15) is 9.59 Å². The van der Waals surface area contributed by atoms with Gasteiger partial charge in [0.25, 0.3) is 0 Å². The van der Waals surface area contributed by atoms with E-state index in [2.05, 4.69) is 0 Å². The molecule has 0 aliphatic carbocycles. The average Bonchev–Trinajstić information content (AvgIpc) is 2.27. The van der Waals surface area contributed by atoms with Crippen molar-refractivity contribution in [2.75, 3.05) is 0 Å². The van der Waals surface area contributed by atoms with Crippen LogP contribution in [0, 0.1) is 0 Å². The fourth-order valence-electron chi connectivity index (χ4n) is 1.10. The summed E-state index contributed by atoms with van der Waals surface area (Å²) in [7, 11) is 0. The summed E-state index contributed by atoms with van der Waals surface area (Å²) >= 11 is 7.18. The van der Waals surface area contributed by atoms with Crippen LogP contribution in [0.5, 0.6) is 0 Å². The molecule has 1 aromatic rings. The van der Waals surface area contributed by atoms with Gasteiger partial charge in [0, 0.05) is 10.8 Å². The first-order chi connectivity index (χ1) is 7.99. The molecule has 1 atom stereocenters. The van der Waals surface area contributed by atoms with Gasteiger partial charge in [-0.15, -0.1) is 11.8 Å². The molecule has 0 saturated heterocycles. The van der Waals surface area contributed by atoms with Crippen LogP contribution in [-0.2, 0) is 10.5 Å². The van der Waals surface area contributed by atoms with Crippen LogP contribution in [0.4, 0.5) is 4.79 Å². The number of nitrogens with two attached hydrogens (primary N) is 1. The van der Waals surface area contributed by atoms with Crippen molar-refractivity contribution in [1.82, 2.24) is 5.32 Å². The molecule has 0 radical (unpaired) electrons. The van der Waals surface area contributed by atoms with Crippen LogP contribution in [0.1, 0.15) is 12.5 Å². The summed E-state index contributed by atoms with van der Waals surface area (Å²) in [5, 5.41) is 2.39. The summed E-state index contributed by atoms with van der Waals surface area (Å²) in [5.74, 6) is 0.293. The summed E-state index contributed by atoms with van der Waals surface area (Å²) in [6.07, 6.45) is 0. The summed E-state index contributed by atoms with van der Waals surface area (Å²) in [4.78, 5) is 21.9. The molecule has 4 nitrogen and oxygen atoms in total. The number of nitrogens with one attached hydrogen (secondary N) is 1. The van der Waals surface area contributed by atoms with Gasteiger partial charge in [-0.05, 0) is 24.6 Å². The maximum atomic E-state index is 11.4. The summed E-state index contributed by atoms with van der Waals surface area (Å²) in [5.41, 5.74) is 5.93. The number of hydrogen-bond acceptors (Lipinski definition) is 3. The van der Waals surface area contributed by atoms with E-state index in [4.69, 9.17) is 17.3 Å². The van der Waals surface area contributed by atoms with Crippen molar-refractivity contribution in [3.63, 3.8) is 0 Å². The minimum Gasteiger partial charge on any atom is -0.351 e. The quantitative estimate of drug-likeness (QED) is 0.882. The number of halogens is 1. The molecule has 0 aliphatic rings. The number of thioether (sulfide) groups is 1. The standard InChI is InChI=1S/C11H13ClN2O2S/c1-7(10(15)14-11(13)16)17-6-8-2-4-9(12)5-3-8/h2-5,7H,6H2,1H3,(H3,13,14,15,16)/t7-/m1/s1. The molecule has 0 aromatic heterocycles. The molecule has 17 heavy (non-hydrogen) atoms. The van der Waals surface area contributed by atoms with E-state index in [0.717, 1.165) is 5.56 Å². The molecular formula is C11H13ClN2O2S. The van der Waals surface area contributed by atoms with E-state index in [1.165, 1.54) is 11.8 Å². The number of imide groups is 1. The highest BCUT2D eigenvalue weighted by Crippen LogP contribution is 2.19. The Morgan fingerprint density at radius 3 is 2.53 bits per heavy atom. The third kappa shape index (κ3) is 5.10. The molecule has 1 aromatic carbocycles. The fourth-order valence-corrected chi connectivity index (χ4v) is 2.07. The molecule has 0 bridgehead atoms. The van der Waals surface area contributed by atoms with Gasteiger partial charge in [0.05, 0.1) is 5.25 Å². The lowest BCUT2D eigenvalue weighted by atomic mass is 10.2. The first-order valence-electron chi connectivity index (χ1n) is 4.95. The largest absolute Gasteiger partial charge is 0.351 e. The van der Waals surface area contributed by atoms with Gasteiger partial charge in [-0.3, -0.25) is 10.1 Å². The third-order valence-corrected chi connectivity index (χ3v) is 3.49. The van der Waals surface area contributed by atoms with Gasteiger partial charge in [-0.25, -0.2) is 4.79 Å². The lowest BCUT2D eigenvalue weighted by Crippen LogP contribution is -2.39. The minimum absolute atomic E-state index is 0.335. The van der Waals surface area contributed by atoms with Crippen LogP contribution in [0.15, 0.2) is 24.3 Å². The van der Waals surface area contributed by atoms with Gasteiger partial charge >= 0.3 is 6.03 Å². The molecule has 3 N–H and O–H groups in total. The number of rotatable bonds is 4. The van der Waals surface area contributed by atoms with Gasteiger partial charge in [0.1, 0.15) is 0 Å². The number of carbonyl (C=O) groups excluding carboxylic acids is 2. The molecule has 92 valence electrons. The molecule has 0 unspecified atom stereocenters. The second kappa shape index (κ2) is 6.51. The van der Waals surface area contributed by atoms with E-state index in [-0.39, 0.29) is 11.2 Å². The molecule has 1 rings (SSSR count). The number of primary amides is 1. The lowest BCUT2D eigenvalue weighted by molar-refractivity contribution is -0.119. The number of hydrogen-bond donors (Lipinski definition) is 2. The van der Waals surface area contributed by atoms with E-state index in [1.807, 2.05) is 17.4 Å². The number of urea groups is 1. The predicted octanol–water partition coefficient (Wildman–Crippen LogP) is 2.16. The summed E-state index contributed by atoms with van der Waals surface area (Å²) in [6.45, 7) is 1.72. The van der Waals surface area contributed by atoms with E-state index < -0.39 is 6.03 Å². The van der Waals surface area contributed by atoms with E-state index >= 15 is 0 Å². The highest BCUT2D eigenvalue weighted by Gasteiger charge is 2.14. The highest BCUT2D eigenvalue weighted by atomic mass is 35.5. The fraction of sp³-hybridized carbons (Fsp3) is 0.273. The third-order valence-electron chi connectivity index (χ3n) is 2.03. The Hall–Kier alpha value is -1.20. The van der Waals surface area contributed by atoms with Crippen molar-refractivity contribution in [3.8, 4) is 0 Å². The van der Waals surface area contributed by atoms with Crippen molar-refractivity contribution < 1.29 is 9.59 Å². The second-order valence-electron chi connectivity index (χ2n) is 3.43. The summed E-state index contributed by atoms with van der Waals surface area (Å²) in [6, 6.07) is 6.56. The first-order valence-corrected chi connectivity index (χ1v) is 6.38. The number of carbonyl (C=O) groups is 2. The van der Waals surface area contributed by atoms with E-state index in [1.54, 1.807) is 19.1 Å². The van der Waals surface area contributed by atoms with Crippen LogP contribution in [0.3, 0.4) is 0 Å². The zero-order valence-electron chi connectivity index (χ0n) is 9.27. The topological polar surface area (TPSA) is 72.2 Å². The van der Waals surface area contributed by atoms with Gasteiger partial charge in [0.2, 0.25) is 5.91 Å². The molecule has 6 heteroatoms. The van der Waals surface area contributed by atoms with E-state index in [0.29, 0.717) is 10.8 Å². The molecule has 0 spiro atoms. The van der Waals surface area contributed by atoms with Crippen LogP contribution in [-0.4, -0.2) is 17.2 Å². The molecule has 3 amide bonds. The van der Waals surface area contributed by atoms with Crippen molar-refractivity contribution in [1.29, 1.82) is 0 Å².